The molecule has 0 fully saturated rings. The number of hydrogen-bond donors (Lipinski definition) is 0. The summed E-state index contributed by atoms with van der Waals surface area (Å²) in [6.07, 6.45) is 3.98. The molecule has 2 aliphatic heterocycles. The SMILES string of the molecule is CC(C)(C)c1cccc(-n2c3ccccc3c3ccc(Oc4cc5c(c(-n6[c-][n+](-c7c(-c8ccccc8)cccc7-c7ccccc7)c7ccccc76)c4)Oc4cccc6c4B5c4ccccc4N6c4ccccc4)cc32)c1. The summed E-state index contributed by atoms with van der Waals surface area (Å²) < 4.78 is 21.6. The van der Waals surface area contributed by atoms with Gasteiger partial charge in [0.05, 0.1) is 27.8 Å². The van der Waals surface area contributed by atoms with Gasteiger partial charge in [-0.25, -0.2) is 0 Å². The molecule has 0 N–H and O–H groups in total. The molecule has 0 spiro atoms. The van der Waals surface area contributed by atoms with Crippen LogP contribution in [0.3, 0.4) is 0 Å². The lowest BCUT2D eigenvalue weighted by atomic mass is 9.34. The molecule has 0 saturated carbocycles. The molecule has 6 nitrogen and oxygen atoms in total. The molecule has 4 heterocycles. The van der Waals surface area contributed by atoms with Crippen molar-refractivity contribution < 1.29 is 14.0 Å². The highest BCUT2D eigenvalue weighted by molar-refractivity contribution is 6.99. The Labute approximate surface area is 454 Å². The van der Waals surface area contributed by atoms with Gasteiger partial charge >= 0.3 is 0 Å². The number of ether oxygens (including phenoxy) is 2. The molecule has 13 aromatic rings. The zero-order valence-corrected chi connectivity index (χ0v) is 43.4. The van der Waals surface area contributed by atoms with Crippen molar-refractivity contribution in [3.63, 3.8) is 0 Å². The van der Waals surface area contributed by atoms with Crippen LogP contribution in [0.5, 0.6) is 23.0 Å². The maximum atomic E-state index is 7.42. The third-order valence-electron chi connectivity index (χ3n) is 15.8. The van der Waals surface area contributed by atoms with Crippen molar-refractivity contribution in [1.82, 2.24) is 9.13 Å². The second kappa shape index (κ2) is 17.9. The third-order valence-corrected chi connectivity index (χ3v) is 15.8. The van der Waals surface area contributed by atoms with Gasteiger partial charge in [-0.05, 0) is 122 Å². The maximum Gasteiger partial charge on any atom is 0.270 e. The van der Waals surface area contributed by atoms with E-state index >= 15 is 0 Å². The fourth-order valence-electron chi connectivity index (χ4n) is 12.2. The van der Waals surface area contributed by atoms with E-state index in [1.54, 1.807) is 0 Å². The summed E-state index contributed by atoms with van der Waals surface area (Å²) in [6, 6.07) is 90.9. The highest BCUT2D eigenvalue weighted by Crippen LogP contribution is 2.44. The summed E-state index contributed by atoms with van der Waals surface area (Å²) in [7, 11) is 0. The molecule has 0 saturated heterocycles. The molecule has 78 heavy (non-hydrogen) atoms. The zero-order chi connectivity index (χ0) is 52.1. The summed E-state index contributed by atoms with van der Waals surface area (Å²) in [5.74, 6) is 2.97. The van der Waals surface area contributed by atoms with Crippen molar-refractivity contribution in [1.29, 1.82) is 0 Å². The molecule has 0 radical (unpaired) electrons. The second-order valence-electron chi connectivity index (χ2n) is 21.4. The standard InChI is InChI=1S/C71H51BN4O2/c1-71(2,3)49-26-19-29-51(42-49)76-60-34-15-13-30-56(60)57-41-40-52(44-65(57)76)77-53-43-59-70(78-67-39-21-38-64-68(67)72(59)58-33-14-16-35-61(58)75(64)50-27-11-6-12-28-50)66(45-53)73-46-74(63-37-18-17-36-62(63)73)69-54(47-22-7-4-8-23-47)31-20-32-55(69)48-24-9-5-10-25-48/h4-45H,1-3H3. The number of fused-ring (bicyclic) bond motifs is 8. The van der Waals surface area contributed by atoms with Crippen LogP contribution in [0.2, 0.25) is 0 Å². The molecule has 370 valence electrons. The first kappa shape index (κ1) is 45.5. The van der Waals surface area contributed by atoms with Gasteiger partial charge in [0, 0.05) is 39.6 Å². The monoisotopic (exact) mass is 1000 g/mol. The van der Waals surface area contributed by atoms with Crippen molar-refractivity contribution in [2.75, 3.05) is 4.90 Å². The van der Waals surface area contributed by atoms with Crippen molar-refractivity contribution in [3.05, 3.63) is 267 Å². The fourth-order valence-corrected chi connectivity index (χ4v) is 12.2. The van der Waals surface area contributed by atoms with Crippen LogP contribution in [0.25, 0.3) is 72.2 Å². The predicted octanol–water partition coefficient (Wildman–Crippen LogP) is 15.6. The quantitative estimate of drug-likeness (QED) is 0.0864. The molecule has 11 aromatic carbocycles. The Balaban J connectivity index is 0.977. The summed E-state index contributed by atoms with van der Waals surface area (Å²) in [5.41, 5.74) is 19.4. The van der Waals surface area contributed by atoms with E-state index in [0.29, 0.717) is 5.75 Å². The first-order valence-electron chi connectivity index (χ1n) is 26.8. The highest BCUT2D eigenvalue weighted by atomic mass is 16.5. The minimum atomic E-state index is -0.198. The molecule has 0 amide bonds. The number of hydrogen-bond acceptors (Lipinski definition) is 3. The number of aromatic nitrogens is 3. The van der Waals surface area contributed by atoms with Crippen LogP contribution in [0.4, 0.5) is 17.1 Å². The molecular formula is C71H51BN4O2. The first-order chi connectivity index (χ1) is 38.3. The van der Waals surface area contributed by atoms with Crippen LogP contribution in [0, 0.1) is 6.33 Å². The van der Waals surface area contributed by atoms with E-state index in [1.165, 1.54) is 16.4 Å². The Kier molecular flexibility index (Phi) is 10.4. The molecule has 2 aliphatic rings. The average molecular weight is 1000 g/mol. The molecule has 0 bridgehead atoms. The number of rotatable bonds is 8. The number of nitrogens with zero attached hydrogens (tertiary/aromatic N) is 4. The Morgan fingerprint density at radius 3 is 1.87 bits per heavy atom. The molecule has 7 heteroatoms. The lowest BCUT2D eigenvalue weighted by Crippen LogP contribution is -2.59. The largest absolute Gasteiger partial charge is 0.462 e. The van der Waals surface area contributed by atoms with Crippen LogP contribution in [-0.2, 0) is 5.41 Å². The zero-order valence-electron chi connectivity index (χ0n) is 43.4. The highest BCUT2D eigenvalue weighted by Gasteiger charge is 2.43. The maximum absolute atomic E-state index is 7.42. The Morgan fingerprint density at radius 1 is 0.474 bits per heavy atom. The van der Waals surface area contributed by atoms with E-state index < -0.39 is 0 Å². The van der Waals surface area contributed by atoms with Gasteiger partial charge in [0.2, 0.25) is 0 Å². The number of benzene rings is 11. The molecule has 0 unspecified atom stereocenters. The Morgan fingerprint density at radius 2 is 1.10 bits per heavy atom. The topological polar surface area (TPSA) is 35.4 Å². The second-order valence-corrected chi connectivity index (χ2v) is 21.4. The lowest BCUT2D eigenvalue weighted by molar-refractivity contribution is -0.571. The van der Waals surface area contributed by atoms with Crippen molar-refractivity contribution >= 4 is 73.0 Å². The van der Waals surface area contributed by atoms with Gasteiger partial charge in [0.1, 0.15) is 28.7 Å². The van der Waals surface area contributed by atoms with Crippen LogP contribution >= 0.6 is 0 Å². The minimum Gasteiger partial charge on any atom is -0.462 e. The minimum absolute atomic E-state index is 0.0198. The van der Waals surface area contributed by atoms with Crippen molar-refractivity contribution in [2.24, 2.45) is 0 Å². The summed E-state index contributed by atoms with van der Waals surface area (Å²) >= 11 is 0. The van der Waals surface area contributed by atoms with Crippen LogP contribution in [0.1, 0.15) is 26.3 Å². The van der Waals surface area contributed by atoms with Crippen LogP contribution < -0.4 is 35.3 Å². The number of anilines is 3. The van der Waals surface area contributed by atoms with E-state index in [0.717, 1.165) is 112 Å². The predicted molar refractivity (Wildman–Crippen MR) is 320 cm³/mol. The Bertz CT molecular complexity index is 4440. The number of para-hydroxylation sites is 6. The lowest BCUT2D eigenvalue weighted by Gasteiger charge is -2.40. The third kappa shape index (κ3) is 7.30. The summed E-state index contributed by atoms with van der Waals surface area (Å²) in [4.78, 5) is 2.37. The normalized spacial score (nSPS) is 12.6. The van der Waals surface area contributed by atoms with E-state index in [1.807, 2.05) is 0 Å². The molecule has 0 aliphatic carbocycles. The summed E-state index contributed by atoms with van der Waals surface area (Å²) in [6.45, 7) is 6.61. The van der Waals surface area contributed by atoms with E-state index in [2.05, 4.69) is 300 Å². The van der Waals surface area contributed by atoms with Gasteiger partial charge in [-0.1, -0.05) is 197 Å². The van der Waals surface area contributed by atoms with Gasteiger partial charge in [-0.3, -0.25) is 9.13 Å². The average Bonchev–Trinajstić information content (AvgIpc) is 4.07. The Hall–Kier alpha value is -9.85. The van der Waals surface area contributed by atoms with E-state index in [9.17, 15) is 0 Å². The van der Waals surface area contributed by atoms with Crippen LogP contribution in [0.15, 0.2) is 255 Å². The van der Waals surface area contributed by atoms with Gasteiger partial charge < -0.3 is 18.9 Å². The van der Waals surface area contributed by atoms with Gasteiger partial charge in [0.25, 0.3) is 13.0 Å². The van der Waals surface area contributed by atoms with Gasteiger partial charge in [-0.2, -0.15) is 0 Å². The molecule has 15 rings (SSSR count). The smallest absolute Gasteiger partial charge is 0.270 e. The van der Waals surface area contributed by atoms with E-state index in [4.69, 9.17) is 9.47 Å². The van der Waals surface area contributed by atoms with Gasteiger partial charge in [0.15, 0.2) is 0 Å². The molecule has 2 aromatic heterocycles. The number of imidazole rings is 1. The molecular weight excluding hydrogens is 952 g/mol. The first-order valence-corrected chi connectivity index (χ1v) is 26.8. The van der Waals surface area contributed by atoms with Gasteiger partial charge in [-0.15, -0.1) is 0 Å². The van der Waals surface area contributed by atoms with E-state index in [-0.39, 0.29) is 12.1 Å². The summed E-state index contributed by atoms with van der Waals surface area (Å²) in [5, 5.41) is 2.35. The van der Waals surface area contributed by atoms with Crippen molar-refractivity contribution in [3.8, 4) is 62.3 Å². The van der Waals surface area contributed by atoms with Crippen molar-refractivity contribution in [2.45, 2.75) is 26.2 Å². The fraction of sp³-hybridized carbons (Fsp3) is 0.0563. The van der Waals surface area contributed by atoms with Crippen LogP contribution in [-0.4, -0.2) is 15.8 Å². The molecule has 0 atom stereocenters.